The van der Waals surface area contributed by atoms with Crippen molar-refractivity contribution < 1.29 is 28.2 Å². The van der Waals surface area contributed by atoms with Crippen molar-refractivity contribution in [3.05, 3.63) is 64.2 Å². The van der Waals surface area contributed by atoms with Gasteiger partial charge in [-0.3, -0.25) is 0 Å². The maximum Gasteiger partial charge on any atom is 0.346 e. The number of halogens is 3. The van der Waals surface area contributed by atoms with Crippen LogP contribution >= 0.6 is 11.6 Å². The van der Waals surface area contributed by atoms with Gasteiger partial charge in [-0.1, -0.05) is 11.6 Å². The van der Waals surface area contributed by atoms with Gasteiger partial charge in [0.2, 0.25) is 0 Å². The van der Waals surface area contributed by atoms with Gasteiger partial charge in [-0.25, -0.2) is 18.4 Å². The van der Waals surface area contributed by atoms with E-state index in [2.05, 4.69) is 0 Å². The predicted octanol–water partition coefficient (Wildman–Crippen LogP) is 3.54. The van der Waals surface area contributed by atoms with Gasteiger partial charge in [0.1, 0.15) is 22.9 Å². The van der Waals surface area contributed by atoms with Crippen LogP contribution in [0.25, 0.3) is 0 Å². The molecule has 21 heavy (non-hydrogen) atoms. The largest absolute Gasteiger partial charge is 0.478 e. The summed E-state index contributed by atoms with van der Waals surface area (Å²) in [6, 6.07) is 5.79. The van der Waals surface area contributed by atoms with Crippen molar-refractivity contribution in [1.82, 2.24) is 0 Å². The van der Waals surface area contributed by atoms with Crippen LogP contribution in [-0.4, -0.2) is 17.0 Å². The van der Waals surface area contributed by atoms with Crippen LogP contribution in [0.4, 0.5) is 8.78 Å². The fourth-order valence-corrected chi connectivity index (χ4v) is 1.73. The molecule has 0 heterocycles. The number of carboxylic acids is 1. The number of carboxylic acid groups (broad SMARTS) is 1. The molecule has 0 spiro atoms. The van der Waals surface area contributed by atoms with E-state index in [1.165, 1.54) is 6.07 Å². The third kappa shape index (κ3) is 3.35. The van der Waals surface area contributed by atoms with E-state index in [1.54, 1.807) is 0 Å². The second-order valence-corrected chi connectivity index (χ2v) is 4.40. The SMILES string of the molecule is O=C(Oc1cc(Cl)ccc1C(=O)O)c1cc(F)ccc1F. The van der Waals surface area contributed by atoms with Crippen LogP contribution in [0.5, 0.6) is 5.75 Å². The summed E-state index contributed by atoms with van der Waals surface area (Å²) in [5.41, 5.74) is -0.976. The van der Waals surface area contributed by atoms with Crippen LogP contribution < -0.4 is 4.74 Å². The van der Waals surface area contributed by atoms with Gasteiger partial charge in [0.05, 0.1) is 5.56 Å². The van der Waals surface area contributed by atoms with Crippen molar-refractivity contribution in [3.8, 4) is 5.75 Å². The fourth-order valence-electron chi connectivity index (χ4n) is 1.57. The van der Waals surface area contributed by atoms with Crippen LogP contribution in [-0.2, 0) is 0 Å². The summed E-state index contributed by atoms with van der Waals surface area (Å²) in [4.78, 5) is 22.8. The zero-order valence-electron chi connectivity index (χ0n) is 10.3. The molecular formula is C14H7ClF2O4. The lowest BCUT2D eigenvalue weighted by Crippen LogP contribution is -2.13. The molecule has 0 saturated carbocycles. The van der Waals surface area contributed by atoms with E-state index in [-0.39, 0.29) is 16.3 Å². The lowest BCUT2D eigenvalue weighted by molar-refractivity contribution is 0.0680. The zero-order valence-corrected chi connectivity index (χ0v) is 11.0. The number of aromatic carboxylic acids is 1. The normalized spacial score (nSPS) is 10.2. The molecule has 0 unspecified atom stereocenters. The first-order valence-corrected chi connectivity index (χ1v) is 5.96. The maximum atomic E-state index is 13.5. The Morgan fingerprint density at radius 2 is 1.76 bits per heavy atom. The van der Waals surface area contributed by atoms with E-state index < -0.39 is 29.1 Å². The first-order valence-electron chi connectivity index (χ1n) is 5.58. The van der Waals surface area contributed by atoms with Crippen molar-refractivity contribution in [1.29, 1.82) is 0 Å². The number of rotatable bonds is 3. The van der Waals surface area contributed by atoms with Gasteiger partial charge < -0.3 is 9.84 Å². The summed E-state index contributed by atoms with van der Waals surface area (Å²) in [5, 5.41) is 9.10. The first kappa shape index (κ1) is 14.9. The van der Waals surface area contributed by atoms with Gasteiger partial charge in [0.15, 0.2) is 0 Å². The standard InChI is InChI=1S/C14H7ClF2O4/c15-7-1-3-9(13(18)19)12(5-7)21-14(20)10-6-8(16)2-4-11(10)17/h1-6H,(H,18,19). The number of ether oxygens (including phenoxy) is 1. The summed E-state index contributed by atoms with van der Waals surface area (Å²) in [6.45, 7) is 0. The third-order valence-corrected chi connectivity index (χ3v) is 2.76. The molecule has 0 aromatic heterocycles. The summed E-state index contributed by atoms with van der Waals surface area (Å²) in [5.74, 6) is -4.75. The molecule has 0 bridgehead atoms. The van der Waals surface area contributed by atoms with E-state index in [0.29, 0.717) is 6.07 Å². The highest BCUT2D eigenvalue weighted by molar-refractivity contribution is 6.30. The molecule has 7 heteroatoms. The molecule has 0 amide bonds. The van der Waals surface area contributed by atoms with Crippen LogP contribution in [0.3, 0.4) is 0 Å². The Hall–Kier alpha value is -2.47. The molecule has 0 aliphatic carbocycles. The average molecular weight is 313 g/mol. The number of carbonyl (C=O) groups is 2. The highest BCUT2D eigenvalue weighted by Crippen LogP contribution is 2.25. The minimum Gasteiger partial charge on any atom is -0.478 e. The van der Waals surface area contributed by atoms with Crippen LogP contribution in [0, 0.1) is 11.6 Å². The van der Waals surface area contributed by atoms with Gasteiger partial charge in [-0.2, -0.15) is 0 Å². The van der Waals surface area contributed by atoms with E-state index >= 15 is 0 Å². The molecule has 2 rings (SSSR count). The molecule has 0 aliphatic rings. The number of hydrogen-bond donors (Lipinski definition) is 1. The highest BCUT2D eigenvalue weighted by Gasteiger charge is 2.19. The highest BCUT2D eigenvalue weighted by atomic mass is 35.5. The van der Waals surface area contributed by atoms with E-state index in [9.17, 15) is 18.4 Å². The minimum atomic E-state index is -1.35. The molecule has 2 aromatic rings. The smallest absolute Gasteiger partial charge is 0.346 e. The minimum absolute atomic E-state index is 0.127. The van der Waals surface area contributed by atoms with E-state index in [4.69, 9.17) is 21.4 Å². The van der Waals surface area contributed by atoms with Gasteiger partial charge in [0, 0.05) is 11.1 Å². The van der Waals surface area contributed by atoms with E-state index in [1.807, 2.05) is 0 Å². The molecule has 0 radical (unpaired) electrons. The van der Waals surface area contributed by atoms with Crippen LogP contribution in [0.15, 0.2) is 36.4 Å². The molecule has 0 fully saturated rings. The van der Waals surface area contributed by atoms with Crippen LogP contribution in [0.1, 0.15) is 20.7 Å². The zero-order chi connectivity index (χ0) is 15.6. The molecule has 108 valence electrons. The Bertz CT molecular complexity index is 731. The summed E-state index contributed by atoms with van der Waals surface area (Å²) >= 11 is 5.69. The Balaban J connectivity index is 2.38. The maximum absolute atomic E-state index is 13.5. The quantitative estimate of drug-likeness (QED) is 0.695. The van der Waals surface area contributed by atoms with Crippen molar-refractivity contribution in [3.63, 3.8) is 0 Å². The second kappa shape index (κ2) is 5.88. The Morgan fingerprint density at radius 1 is 1.05 bits per heavy atom. The lowest BCUT2D eigenvalue weighted by Gasteiger charge is -2.08. The number of hydrogen-bond acceptors (Lipinski definition) is 3. The van der Waals surface area contributed by atoms with Crippen molar-refractivity contribution in [2.45, 2.75) is 0 Å². The van der Waals surface area contributed by atoms with Crippen molar-refractivity contribution >= 4 is 23.5 Å². The summed E-state index contributed by atoms with van der Waals surface area (Å²) in [7, 11) is 0. The number of carbonyl (C=O) groups excluding carboxylic acids is 1. The molecule has 4 nitrogen and oxygen atoms in total. The molecule has 0 saturated heterocycles. The molecular weight excluding hydrogens is 306 g/mol. The van der Waals surface area contributed by atoms with Gasteiger partial charge >= 0.3 is 11.9 Å². The molecule has 0 atom stereocenters. The lowest BCUT2D eigenvalue weighted by atomic mass is 10.2. The van der Waals surface area contributed by atoms with Gasteiger partial charge in [-0.05, 0) is 30.3 Å². The third-order valence-electron chi connectivity index (χ3n) is 2.53. The first-order chi connectivity index (χ1) is 9.88. The summed E-state index contributed by atoms with van der Waals surface area (Å²) in [6.07, 6.45) is 0. The van der Waals surface area contributed by atoms with Crippen molar-refractivity contribution in [2.24, 2.45) is 0 Å². The van der Waals surface area contributed by atoms with Crippen LogP contribution in [0.2, 0.25) is 5.02 Å². The fraction of sp³-hybridized carbons (Fsp3) is 0. The number of esters is 1. The Labute approximate surface area is 122 Å². The predicted molar refractivity (Wildman–Crippen MR) is 69.7 cm³/mol. The van der Waals surface area contributed by atoms with Crippen molar-refractivity contribution in [2.75, 3.05) is 0 Å². The molecule has 1 N–H and O–H groups in total. The molecule has 0 aliphatic heterocycles. The monoisotopic (exact) mass is 312 g/mol. The molecule has 2 aromatic carbocycles. The Kier molecular flexibility index (Phi) is 4.18. The second-order valence-electron chi connectivity index (χ2n) is 3.96. The summed E-state index contributed by atoms with van der Waals surface area (Å²) < 4.78 is 31.3. The van der Waals surface area contributed by atoms with Gasteiger partial charge in [0.25, 0.3) is 0 Å². The van der Waals surface area contributed by atoms with E-state index in [0.717, 1.165) is 24.3 Å². The Morgan fingerprint density at radius 3 is 2.43 bits per heavy atom. The number of benzene rings is 2. The van der Waals surface area contributed by atoms with Gasteiger partial charge in [-0.15, -0.1) is 0 Å². The average Bonchev–Trinajstić information content (AvgIpc) is 2.41. The topological polar surface area (TPSA) is 63.6 Å².